The Morgan fingerprint density at radius 2 is 1.39 bits per heavy atom. The van der Waals surface area contributed by atoms with E-state index >= 15 is 0 Å². The molecule has 4 heteroatoms. The summed E-state index contributed by atoms with van der Waals surface area (Å²) in [5.74, 6) is -0.0247. The standard InChI is InChI=1S/C29H41NO3/c1-25(23-26-20-21-27(31)28(32)24-26)30-22-18-16-14-12-10-8-6-4-2-3-5-7-9-11-13-15-17-19-29(30)33/h2,4-5,7-8,10-11,13,20-21,24-25,31-32H,3,6,9,12,14-19,22-23H2,1H3/b4-2-,7-5-,10-8-,13-11-. The molecular weight excluding hydrogens is 410 g/mol. The molecule has 0 spiro atoms. The predicted molar refractivity (Wildman–Crippen MR) is 137 cm³/mol. The highest BCUT2D eigenvalue weighted by Crippen LogP contribution is 2.26. The molecule has 0 radical (unpaired) electrons. The fourth-order valence-electron chi connectivity index (χ4n) is 4.02. The Balaban J connectivity index is 1.98. The Morgan fingerprint density at radius 3 is 2.03 bits per heavy atom. The van der Waals surface area contributed by atoms with E-state index < -0.39 is 0 Å². The molecule has 180 valence electrons. The summed E-state index contributed by atoms with van der Waals surface area (Å²) in [7, 11) is 0. The molecule has 0 saturated heterocycles. The summed E-state index contributed by atoms with van der Waals surface area (Å²) in [6, 6.07) is 4.95. The van der Waals surface area contributed by atoms with Crippen molar-refractivity contribution in [1.29, 1.82) is 0 Å². The lowest BCUT2D eigenvalue weighted by Gasteiger charge is -2.30. The van der Waals surface area contributed by atoms with Crippen LogP contribution in [0.4, 0.5) is 0 Å². The molecule has 2 N–H and O–H groups in total. The molecule has 4 nitrogen and oxygen atoms in total. The van der Waals surface area contributed by atoms with Crippen LogP contribution < -0.4 is 0 Å². The van der Waals surface area contributed by atoms with Crippen molar-refractivity contribution in [3.8, 4) is 11.5 Å². The number of aromatic hydroxyl groups is 2. The zero-order valence-electron chi connectivity index (χ0n) is 20.2. The lowest BCUT2D eigenvalue weighted by atomic mass is 10.0. The van der Waals surface area contributed by atoms with Crippen molar-refractivity contribution in [2.75, 3.05) is 6.54 Å². The zero-order valence-corrected chi connectivity index (χ0v) is 20.2. The number of phenolic OH excluding ortho intramolecular Hbond substituents is 2. The van der Waals surface area contributed by atoms with E-state index in [-0.39, 0.29) is 23.4 Å². The van der Waals surface area contributed by atoms with Crippen molar-refractivity contribution in [2.45, 2.75) is 83.6 Å². The molecule has 0 fully saturated rings. The van der Waals surface area contributed by atoms with Gasteiger partial charge in [-0.3, -0.25) is 4.79 Å². The average Bonchev–Trinajstić information content (AvgIpc) is 2.79. The van der Waals surface area contributed by atoms with Crippen LogP contribution >= 0.6 is 0 Å². The van der Waals surface area contributed by atoms with Crippen LogP contribution in [0.5, 0.6) is 11.5 Å². The SMILES string of the molecule is CC(Cc1ccc(O)c(O)c1)N1CCCCC/C=C\C/C=C\C/C=C\C/C=C\CCCC1=O. The molecular formula is C29H41NO3. The second-order valence-electron chi connectivity index (χ2n) is 8.80. The first-order valence-corrected chi connectivity index (χ1v) is 12.5. The van der Waals surface area contributed by atoms with E-state index in [9.17, 15) is 15.0 Å². The maximum atomic E-state index is 13.1. The van der Waals surface area contributed by atoms with Gasteiger partial charge in [0, 0.05) is 19.0 Å². The first-order chi connectivity index (χ1) is 16.1. The number of phenols is 2. The molecule has 0 aromatic heterocycles. The maximum absolute atomic E-state index is 13.1. The number of benzene rings is 1. The summed E-state index contributed by atoms with van der Waals surface area (Å²) in [4.78, 5) is 15.1. The minimum atomic E-state index is -0.116. The van der Waals surface area contributed by atoms with Crippen molar-refractivity contribution in [1.82, 2.24) is 4.90 Å². The average molecular weight is 452 g/mol. The van der Waals surface area contributed by atoms with Gasteiger partial charge in [-0.25, -0.2) is 0 Å². The fraction of sp³-hybridized carbons (Fsp3) is 0.483. The summed E-state index contributed by atoms with van der Waals surface area (Å²) >= 11 is 0. The van der Waals surface area contributed by atoms with Crippen LogP contribution in [0.15, 0.2) is 66.8 Å². The van der Waals surface area contributed by atoms with Crippen LogP contribution in [0.2, 0.25) is 0 Å². The maximum Gasteiger partial charge on any atom is 0.222 e. The van der Waals surface area contributed by atoms with E-state index in [2.05, 4.69) is 55.5 Å². The number of hydrogen-bond acceptors (Lipinski definition) is 3. The van der Waals surface area contributed by atoms with Crippen LogP contribution in [0.3, 0.4) is 0 Å². The number of hydrogen-bond donors (Lipinski definition) is 2. The highest BCUT2D eigenvalue weighted by molar-refractivity contribution is 5.76. The molecule has 1 heterocycles. The Hall–Kier alpha value is -2.75. The van der Waals surface area contributed by atoms with E-state index in [4.69, 9.17) is 0 Å². The van der Waals surface area contributed by atoms with Gasteiger partial charge in [-0.1, -0.05) is 61.1 Å². The molecule has 33 heavy (non-hydrogen) atoms. The first-order valence-electron chi connectivity index (χ1n) is 12.5. The third kappa shape index (κ3) is 11.1. The van der Waals surface area contributed by atoms with Gasteiger partial charge < -0.3 is 15.1 Å². The molecule has 1 aromatic rings. The minimum Gasteiger partial charge on any atom is -0.504 e. The van der Waals surface area contributed by atoms with Crippen LogP contribution in [-0.2, 0) is 11.2 Å². The topological polar surface area (TPSA) is 60.8 Å². The smallest absolute Gasteiger partial charge is 0.222 e. The van der Waals surface area contributed by atoms with E-state index in [1.807, 2.05) is 11.0 Å². The predicted octanol–water partition coefficient (Wildman–Crippen LogP) is 7.00. The molecule has 1 aliphatic heterocycles. The third-order valence-electron chi connectivity index (χ3n) is 5.94. The van der Waals surface area contributed by atoms with Gasteiger partial charge in [0.15, 0.2) is 11.5 Å². The molecule has 0 bridgehead atoms. The largest absolute Gasteiger partial charge is 0.504 e. The van der Waals surface area contributed by atoms with Gasteiger partial charge >= 0.3 is 0 Å². The van der Waals surface area contributed by atoms with Crippen LogP contribution in [-0.4, -0.2) is 33.6 Å². The Labute approximate surface area is 200 Å². The highest BCUT2D eigenvalue weighted by atomic mass is 16.3. The second kappa shape index (κ2) is 16.0. The molecule has 1 aromatic carbocycles. The number of carbonyl (C=O) groups is 1. The summed E-state index contributed by atoms with van der Waals surface area (Å²) in [5, 5.41) is 19.4. The molecule has 0 aliphatic carbocycles. The van der Waals surface area contributed by atoms with Crippen LogP contribution in [0.25, 0.3) is 0 Å². The van der Waals surface area contributed by atoms with Gasteiger partial charge in [0.2, 0.25) is 5.91 Å². The molecule has 2 rings (SSSR count). The summed E-state index contributed by atoms with van der Waals surface area (Å²) < 4.78 is 0. The van der Waals surface area contributed by atoms with Crippen molar-refractivity contribution in [2.24, 2.45) is 0 Å². The zero-order chi connectivity index (χ0) is 23.7. The number of allylic oxidation sites excluding steroid dienone is 8. The van der Waals surface area contributed by atoms with Gasteiger partial charge in [-0.05, 0) is 82.4 Å². The number of carbonyl (C=O) groups excluding carboxylic acids is 1. The van der Waals surface area contributed by atoms with Crippen molar-refractivity contribution >= 4 is 5.91 Å². The van der Waals surface area contributed by atoms with Crippen LogP contribution in [0, 0.1) is 0 Å². The van der Waals surface area contributed by atoms with Crippen molar-refractivity contribution in [3.63, 3.8) is 0 Å². The Bertz CT molecular complexity index is 822. The minimum absolute atomic E-state index is 0.0374. The normalized spacial score (nSPS) is 22.6. The Morgan fingerprint density at radius 1 is 0.788 bits per heavy atom. The van der Waals surface area contributed by atoms with Crippen LogP contribution in [0.1, 0.15) is 76.7 Å². The first kappa shape index (κ1) is 26.5. The molecule has 1 unspecified atom stereocenters. The molecule has 0 saturated carbocycles. The van der Waals surface area contributed by atoms with Gasteiger partial charge in [0.25, 0.3) is 0 Å². The van der Waals surface area contributed by atoms with Crippen molar-refractivity contribution in [3.05, 3.63) is 72.4 Å². The quantitative estimate of drug-likeness (QED) is 0.384. The van der Waals surface area contributed by atoms with E-state index in [1.165, 1.54) is 6.07 Å². The summed E-state index contributed by atoms with van der Waals surface area (Å²) in [5.41, 5.74) is 0.920. The monoisotopic (exact) mass is 451 g/mol. The summed E-state index contributed by atoms with van der Waals surface area (Å²) in [6.45, 7) is 2.84. The van der Waals surface area contributed by atoms with Crippen molar-refractivity contribution < 1.29 is 15.0 Å². The molecule has 1 amide bonds. The highest BCUT2D eigenvalue weighted by Gasteiger charge is 2.20. The van der Waals surface area contributed by atoms with Gasteiger partial charge in [-0.2, -0.15) is 0 Å². The second-order valence-corrected chi connectivity index (χ2v) is 8.80. The Kier molecular flexibility index (Phi) is 12.8. The van der Waals surface area contributed by atoms with Gasteiger partial charge in [0.1, 0.15) is 0 Å². The van der Waals surface area contributed by atoms with E-state index in [1.54, 1.807) is 6.07 Å². The molecule has 1 aliphatic rings. The lowest BCUT2D eigenvalue weighted by molar-refractivity contribution is -0.133. The lowest BCUT2D eigenvalue weighted by Crippen LogP contribution is -2.40. The fourth-order valence-corrected chi connectivity index (χ4v) is 4.02. The van der Waals surface area contributed by atoms with E-state index in [0.29, 0.717) is 12.8 Å². The summed E-state index contributed by atoms with van der Waals surface area (Å²) in [6.07, 6.45) is 27.9. The van der Waals surface area contributed by atoms with E-state index in [0.717, 1.165) is 69.9 Å². The number of amides is 1. The van der Waals surface area contributed by atoms with Gasteiger partial charge in [0.05, 0.1) is 0 Å². The number of rotatable bonds is 3. The third-order valence-corrected chi connectivity index (χ3v) is 5.94. The number of nitrogens with zero attached hydrogens (tertiary/aromatic N) is 1. The molecule has 1 atom stereocenters. The van der Waals surface area contributed by atoms with Gasteiger partial charge in [-0.15, -0.1) is 0 Å².